The molecule has 0 saturated carbocycles. The summed E-state index contributed by atoms with van der Waals surface area (Å²) in [5.74, 6) is -0.00734. The summed E-state index contributed by atoms with van der Waals surface area (Å²) >= 11 is 0. The molecule has 4 N–H and O–H groups in total. The van der Waals surface area contributed by atoms with Gasteiger partial charge in [0.2, 0.25) is 0 Å². The van der Waals surface area contributed by atoms with Crippen LogP contribution in [0.5, 0.6) is 0 Å². The van der Waals surface area contributed by atoms with Crippen molar-refractivity contribution in [3.8, 4) is 0 Å². The number of methoxy groups -OCH3 is 1. The molecule has 17 heavy (non-hydrogen) atoms. The van der Waals surface area contributed by atoms with E-state index in [2.05, 4.69) is 9.72 Å². The lowest BCUT2D eigenvalue weighted by Crippen LogP contribution is -2.22. The lowest BCUT2D eigenvalue weighted by atomic mass is 10.0. The van der Waals surface area contributed by atoms with E-state index in [9.17, 15) is 4.79 Å². The fraction of sp³-hybridized carbons (Fsp3) is 0.167. The summed E-state index contributed by atoms with van der Waals surface area (Å²) in [6.45, 7) is 0. The van der Waals surface area contributed by atoms with E-state index in [4.69, 9.17) is 11.5 Å². The van der Waals surface area contributed by atoms with Crippen molar-refractivity contribution >= 4 is 22.6 Å². The van der Waals surface area contributed by atoms with Crippen LogP contribution in [0.15, 0.2) is 30.5 Å². The smallest absolute Gasteiger partial charge is 0.327 e. The molecule has 1 atom stereocenters. The monoisotopic (exact) mass is 231 g/mol. The van der Waals surface area contributed by atoms with Crippen molar-refractivity contribution < 1.29 is 9.53 Å². The minimum atomic E-state index is -0.779. The molecule has 0 aliphatic heterocycles. The molecule has 0 saturated heterocycles. The van der Waals surface area contributed by atoms with Crippen LogP contribution in [0, 0.1) is 0 Å². The van der Waals surface area contributed by atoms with Gasteiger partial charge in [0.15, 0.2) is 0 Å². The third-order valence-corrected chi connectivity index (χ3v) is 2.63. The summed E-state index contributed by atoms with van der Waals surface area (Å²) in [5, 5.41) is 1.74. The van der Waals surface area contributed by atoms with Crippen molar-refractivity contribution in [2.75, 3.05) is 12.8 Å². The second-order valence-electron chi connectivity index (χ2n) is 3.68. The fourth-order valence-electron chi connectivity index (χ4n) is 1.68. The van der Waals surface area contributed by atoms with Crippen LogP contribution in [-0.4, -0.2) is 18.1 Å². The number of carbonyl (C=O) groups is 1. The Hall–Kier alpha value is -2.14. The third-order valence-electron chi connectivity index (χ3n) is 2.63. The Labute approximate surface area is 98.4 Å². The van der Waals surface area contributed by atoms with Crippen LogP contribution >= 0.6 is 0 Å². The summed E-state index contributed by atoms with van der Waals surface area (Å²) in [6, 6.07) is 6.41. The van der Waals surface area contributed by atoms with E-state index < -0.39 is 12.0 Å². The largest absolute Gasteiger partial charge is 0.468 e. The van der Waals surface area contributed by atoms with Crippen LogP contribution in [0.2, 0.25) is 0 Å². The highest BCUT2D eigenvalue weighted by atomic mass is 16.5. The van der Waals surface area contributed by atoms with Gasteiger partial charge in [0, 0.05) is 11.6 Å². The fourth-order valence-corrected chi connectivity index (χ4v) is 1.68. The number of nitrogens with two attached hydrogens (primary N) is 2. The van der Waals surface area contributed by atoms with Crippen molar-refractivity contribution in [1.82, 2.24) is 4.98 Å². The summed E-state index contributed by atoms with van der Waals surface area (Å²) in [7, 11) is 1.31. The molecule has 1 unspecified atom stereocenters. The van der Waals surface area contributed by atoms with E-state index >= 15 is 0 Å². The Balaban J connectivity index is 2.48. The first-order valence-corrected chi connectivity index (χ1v) is 5.11. The van der Waals surface area contributed by atoms with Gasteiger partial charge in [0.05, 0.1) is 7.11 Å². The topological polar surface area (TPSA) is 91.2 Å². The second kappa shape index (κ2) is 4.39. The van der Waals surface area contributed by atoms with Crippen LogP contribution < -0.4 is 11.5 Å². The number of esters is 1. The molecular weight excluding hydrogens is 218 g/mol. The van der Waals surface area contributed by atoms with Gasteiger partial charge in [-0.3, -0.25) is 4.79 Å². The lowest BCUT2D eigenvalue weighted by Gasteiger charge is -2.10. The molecule has 0 aliphatic rings. The Kier molecular flexibility index (Phi) is 2.93. The van der Waals surface area contributed by atoms with E-state index in [0.29, 0.717) is 11.4 Å². The Morgan fingerprint density at radius 2 is 2.18 bits per heavy atom. The highest BCUT2D eigenvalue weighted by Crippen LogP contribution is 2.22. The number of hydrogen-bond acceptors (Lipinski definition) is 5. The molecule has 0 spiro atoms. The SMILES string of the molecule is COC(=O)C(N)c1ccc2c(N)nccc2c1. The Morgan fingerprint density at radius 1 is 1.41 bits per heavy atom. The average Bonchev–Trinajstić information content (AvgIpc) is 2.37. The van der Waals surface area contributed by atoms with Crippen molar-refractivity contribution in [2.24, 2.45) is 5.73 Å². The zero-order chi connectivity index (χ0) is 12.4. The van der Waals surface area contributed by atoms with E-state index in [-0.39, 0.29) is 0 Å². The molecule has 0 aliphatic carbocycles. The molecule has 5 heteroatoms. The summed E-state index contributed by atoms with van der Waals surface area (Å²) in [6.07, 6.45) is 1.62. The number of carbonyl (C=O) groups excluding carboxylic acids is 1. The number of rotatable bonds is 2. The maximum absolute atomic E-state index is 11.3. The van der Waals surface area contributed by atoms with Gasteiger partial charge < -0.3 is 16.2 Å². The first-order valence-electron chi connectivity index (χ1n) is 5.11. The molecule has 2 rings (SSSR count). The van der Waals surface area contributed by atoms with Crippen LogP contribution in [0.1, 0.15) is 11.6 Å². The van der Waals surface area contributed by atoms with Crippen molar-refractivity contribution in [3.63, 3.8) is 0 Å². The van der Waals surface area contributed by atoms with Gasteiger partial charge in [-0.2, -0.15) is 0 Å². The number of anilines is 1. The van der Waals surface area contributed by atoms with Crippen molar-refractivity contribution in [2.45, 2.75) is 6.04 Å². The predicted octanol–water partition coefficient (Wildman–Crippen LogP) is 0.990. The molecule has 0 radical (unpaired) electrons. The number of pyridine rings is 1. The summed E-state index contributed by atoms with van der Waals surface area (Å²) in [4.78, 5) is 15.3. The molecule has 0 bridgehead atoms. The number of nitrogen functional groups attached to an aromatic ring is 1. The predicted molar refractivity (Wildman–Crippen MR) is 65.1 cm³/mol. The third kappa shape index (κ3) is 2.05. The van der Waals surface area contributed by atoms with Gasteiger partial charge >= 0.3 is 5.97 Å². The van der Waals surface area contributed by atoms with Crippen molar-refractivity contribution in [1.29, 1.82) is 0 Å². The highest BCUT2D eigenvalue weighted by molar-refractivity contribution is 5.92. The van der Waals surface area contributed by atoms with Crippen LogP contribution in [0.4, 0.5) is 5.82 Å². The molecular formula is C12H13N3O2. The van der Waals surface area contributed by atoms with E-state index in [1.807, 2.05) is 12.1 Å². The van der Waals surface area contributed by atoms with E-state index in [1.54, 1.807) is 18.3 Å². The van der Waals surface area contributed by atoms with Gasteiger partial charge in [-0.05, 0) is 23.1 Å². The van der Waals surface area contributed by atoms with Gasteiger partial charge in [-0.25, -0.2) is 4.98 Å². The number of benzene rings is 1. The molecule has 1 heterocycles. The number of hydrogen-bond donors (Lipinski definition) is 2. The molecule has 0 fully saturated rings. The summed E-state index contributed by atoms with van der Waals surface area (Å²) < 4.78 is 4.60. The highest BCUT2D eigenvalue weighted by Gasteiger charge is 2.16. The second-order valence-corrected chi connectivity index (χ2v) is 3.68. The standard InChI is InChI=1S/C12H13N3O2/c1-17-12(16)10(13)8-2-3-9-7(6-8)4-5-15-11(9)14/h2-6,10H,13H2,1H3,(H2,14,15). The maximum Gasteiger partial charge on any atom is 0.327 e. The molecule has 0 amide bonds. The van der Waals surface area contributed by atoms with Gasteiger partial charge in [-0.1, -0.05) is 12.1 Å². The molecule has 1 aromatic heterocycles. The molecule has 2 aromatic rings. The van der Waals surface area contributed by atoms with Crippen LogP contribution in [-0.2, 0) is 9.53 Å². The van der Waals surface area contributed by atoms with Gasteiger partial charge in [-0.15, -0.1) is 0 Å². The minimum Gasteiger partial charge on any atom is -0.468 e. The molecule has 1 aromatic carbocycles. The van der Waals surface area contributed by atoms with Crippen LogP contribution in [0.3, 0.4) is 0 Å². The molecule has 88 valence electrons. The number of fused-ring (bicyclic) bond motifs is 1. The number of nitrogens with zero attached hydrogens (tertiary/aromatic N) is 1. The average molecular weight is 231 g/mol. The van der Waals surface area contributed by atoms with Crippen molar-refractivity contribution in [3.05, 3.63) is 36.0 Å². The maximum atomic E-state index is 11.3. The zero-order valence-corrected chi connectivity index (χ0v) is 9.38. The Bertz CT molecular complexity index is 569. The first kappa shape index (κ1) is 11.3. The lowest BCUT2D eigenvalue weighted by molar-refractivity contribution is -0.142. The van der Waals surface area contributed by atoms with Gasteiger partial charge in [0.25, 0.3) is 0 Å². The Morgan fingerprint density at radius 3 is 2.88 bits per heavy atom. The summed E-state index contributed by atoms with van der Waals surface area (Å²) in [5.41, 5.74) is 12.2. The number of ether oxygens (including phenoxy) is 1. The first-order chi connectivity index (χ1) is 8.13. The van der Waals surface area contributed by atoms with Crippen LogP contribution in [0.25, 0.3) is 10.8 Å². The van der Waals surface area contributed by atoms with E-state index in [0.717, 1.165) is 10.8 Å². The quantitative estimate of drug-likeness (QED) is 0.752. The van der Waals surface area contributed by atoms with Gasteiger partial charge in [0.1, 0.15) is 11.9 Å². The van der Waals surface area contributed by atoms with E-state index in [1.165, 1.54) is 7.11 Å². The number of aromatic nitrogens is 1. The minimum absolute atomic E-state index is 0.459. The zero-order valence-electron chi connectivity index (χ0n) is 9.38. The normalized spacial score (nSPS) is 12.4. The molecule has 5 nitrogen and oxygen atoms in total.